The fraction of sp³-hybridized carbons (Fsp3) is 0.353. The van der Waals surface area contributed by atoms with Gasteiger partial charge >= 0.3 is 6.03 Å². The van der Waals surface area contributed by atoms with Crippen LogP contribution in [0.1, 0.15) is 35.1 Å². The van der Waals surface area contributed by atoms with Crippen LogP contribution >= 0.6 is 0 Å². The lowest BCUT2D eigenvalue weighted by Gasteiger charge is -2.15. The summed E-state index contributed by atoms with van der Waals surface area (Å²) in [5.74, 6) is 0. The first-order valence-corrected chi connectivity index (χ1v) is 9.34. The van der Waals surface area contributed by atoms with Gasteiger partial charge in [0.1, 0.15) is 9.92 Å². The molecule has 2 aliphatic carbocycles. The number of anilines is 1. The van der Waals surface area contributed by atoms with E-state index >= 15 is 0 Å². The summed E-state index contributed by atoms with van der Waals surface area (Å²) in [6.45, 7) is 6.99. The standard InChI is InChI=1S/C17H21N3O2S/c1-3-11(2)23(18,22)20-17(21)19-16-14-8-4-6-12(14)10-13-7-5-9-15(13)16/h3,10H,1-2,4-9H2,(H3,18,19,20,21,22). The number of fused-ring (bicyclic) bond motifs is 2. The molecule has 0 radical (unpaired) electrons. The van der Waals surface area contributed by atoms with Crippen molar-refractivity contribution in [2.75, 3.05) is 5.32 Å². The van der Waals surface area contributed by atoms with Gasteiger partial charge in [0.05, 0.1) is 4.91 Å². The van der Waals surface area contributed by atoms with E-state index in [-0.39, 0.29) is 4.91 Å². The SMILES string of the molecule is C=CC(=C)S(N)(=O)=NC(=O)Nc1c2c(cc3c1CCC3)CCC2. The van der Waals surface area contributed by atoms with Crippen LogP contribution in [0, 0.1) is 0 Å². The van der Waals surface area contributed by atoms with Gasteiger partial charge in [0.2, 0.25) is 0 Å². The second-order valence-corrected chi connectivity index (χ2v) is 7.84. The Labute approximate surface area is 137 Å². The Morgan fingerprint density at radius 3 is 2.30 bits per heavy atom. The fourth-order valence-corrected chi connectivity index (χ4v) is 4.05. The lowest BCUT2D eigenvalue weighted by Crippen LogP contribution is -2.19. The molecule has 5 nitrogen and oxygen atoms in total. The molecule has 1 atom stereocenters. The number of nitrogens with two attached hydrogens (primary N) is 1. The summed E-state index contributed by atoms with van der Waals surface area (Å²) in [7, 11) is -3.31. The van der Waals surface area contributed by atoms with Gasteiger partial charge in [-0.3, -0.25) is 0 Å². The Hall–Kier alpha value is -1.92. The average molecular weight is 331 g/mol. The van der Waals surface area contributed by atoms with Gasteiger partial charge in [-0.25, -0.2) is 14.1 Å². The van der Waals surface area contributed by atoms with Gasteiger partial charge in [-0.15, -0.1) is 4.36 Å². The number of rotatable bonds is 3. The molecule has 23 heavy (non-hydrogen) atoms. The van der Waals surface area contributed by atoms with Gasteiger partial charge in [0, 0.05) is 5.69 Å². The number of nitrogens with one attached hydrogen (secondary N) is 1. The summed E-state index contributed by atoms with van der Waals surface area (Å²) >= 11 is 0. The first kappa shape index (κ1) is 16.0. The van der Waals surface area contributed by atoms with E-state index in [9.17, 15) is 9.00 Å². The largest absolute Gasteiger partial charge is 0.354 e. The summed E-state index contributed by atoms with van der Waals surface area (Å²) < 4.78 is 15.8. The Bertz CT molecular complexity index is 800. The summed E-state index contributed by atoms with van der Waals surface area (Å²) in [6, 6.07) is 1.60. The maximum Gasteiger partial charge on any atom is 0.354 e. The van der Waals surface area contributed by atoms with Crippen LogP contribution in [-0.4, -0.2) is 10.2 Å². The smallest absolute Gasteiger partial charge is 0.305 e. The first-order valence-electron chi connectivity index (χ1n) is 7.76. The minimum atomic E-state index is -3.31. The number of hydrogen-bond donors (Lipinski definition) is 2. The van der Waals surface area contributed by atoms with Crippen LogP contribution < -0.4 is 10.5 Å². The maximum absolute atomic E-state index is 12.2. The van der Waals surface area contributed by atoms with Crippen molar-refractivity contribution in [3.63, 3.8) is 0 Å². The zero-order chi connectivity index (χ0) is 16.6. The fourth-order valence-electron chi connectivity index (χ4n) is 3.40. The minimum Gasteiger partial charge on any atom is -0.305 e. The predicted octanol–water partition coefficient (Wildman–Crippen LogP) is 3.24. The molecule has 122 valence electrons. The average Bonchev–Trinajstić information content (AvgIpc) is 3.13. The number of carbonyl (C=O) groups is 1. The molecule has 0 fully saturated rings. The monoisotopic (exact) mass is 331 g/mol. The summed E-state index contributed by atoms with van der Waals surface area (Å²) in [5.41, 5.74) is 5.87. The van der Waals surface area contributed by atoms with E-state index in [2.05, 4.69) is 28.9 Å². The van der Waals surface area contributed by atoms with Gasteiger partial charge in [-0.1, -0.05) is 25.3 Å². The minimum absolute atomic E-state index is 0.0520. The van der Waals surface area contributed by atoms with E-state index in [1.165, 1.54) is 28.3 Å². The lowest BCUT2D eigenvalue weighted by atomic mass is 9.99. The van der Waals surface area contributed by atoms with Gasteiger partial charge in [-0.2, -0.15) is 0 Å². The zero-order valence-electron chi connectivity index (χ0n) is 13.1. The van der Waals surface area contributed by atoms with Crippen molar-refractivity contribution < 1.29 is 9.00 Å². The third-order valence-electron chi connectivity index (χ3n) is 4.53. The zero-order valence-corrected chi connectivity index (χ0v) is 13.9. The van der Waals surface area contributed by atoms with E-state index in [4.69, 9.17) is 5.14 Å². The van der Waals surface area contributed by atoms with Gasteiger partial charge in [0.15, 0.2) is 0 Å². The van der Waals surface area contributed by atoms with Crippen LogP contribution in [0.3, 0.4) is 0 Å². The Balaban J connectivity index is 1.97. The number of hydrogen-bond acceptors (Lipinski definition) is 2. The molecule has 0 saturated heterocycles. The molecule has 0 bridgehead atoms. The van der Waals surface area contributed by atoms with Crippen molar-refractivity contribution in [1.82, 2.24) is 0 Å². The van der Waals surface area contributed by atoms with Crippen molar-refractivity contribution in [2.45, 2.75) is 38.5 Å². The second-order valence-electron chi connectivity index (χ2n) is 5.99. The highest BCUT2D eigenvalue weighted by atomic mass is 32.2. The van der Waals surface area contributed by atoms with Gasteiger partial charge in [-0.05, 0) is 60.8 Å². The quantitative estimate of drug-likeness (QED) is 0.833. The van der Waals surface area contributed by atoms with Gasteiger partial charge < -0.3 is 5.32 Å². The third kappa shape index (κ3) is 2.96. The molecule has 2 amide bonds. The molecule has 0 aromatic heterocycles. The molecule has 0 spiro atoms. The first-order chi connectivity index (χ1) is 10.9. The highest BCUT2D eigenvalue weighted by Crippen LogP contribution is 2.38. The Kier molecular flexibility index (Phi) is 4.12. The molecule has 1 aromatic carbocycles. The molecular formula is C17H21N3O2S. The Morgan fingerprint density at radius 2 is 1.78 bits per heavy atom. The van der Waals surface area contributed by atoms with Crippen LogP contribution in [-0.2, 0) is 35.6 Å². The second kappa shape index (κ2) is 5.94. The van der Waals surface area contributed by atoms with Crippen LogP contribution in [0.4, 0.5) is 10.5 Å². The molecule has 0 aliphatic heterocycles. The number of carbonyl (C=O) groups excluding carboxylic acids is 1. The summed E-state index contributed by atoms with van der Waals surface area (Å²) in [6.07, 6.45) is 7.45. The van der Waals surface area contributed by atoms with Crippen molar-refractivity contribution in [3.8, 4) is 0 Å². The highest BCUT2D eigenvalue weighted by Gasteiger charge is 2.25. The number of urea groups is 1. The normalized spacial score (nSPS) is 17.8. The number of allylic oxidation sites excluding steroid dienone is 1. The van der Waals surface area contributed by atoms with Crippen LogP contribution in [0.5, 0.6) is 0 Å². The van der Waals surface area contributed by atoms with E-state index in [1.807, 2.05) is 0 Å². The van der Waals surface area contributed by atoms with Crippen LogP contribution in [0.25, 0.3) is 0 Å². The van der Waals surface area contributed by atoms with E-state index in [0.29, 0.717) is 0 Å². The van der Waals surface area contributed by atoms with Crippen molar-refractivity contribution in [2.24, 2.45) is 9.50 Å². The molecular weight excluding hydrogens is 310 g/mol. The predicted molar refractivity (Wildman–Crippen MR) is 93.6 cm³/mol. The molecule has 6 heteroatoms. The molecule has 0 saturated carbocycles. The van der Waals surface area contributed by atoms with Crippen LogP contribution in [0.15, 0.2) is 34.6 Å². The number of nitrogens with zero attached hydrogens (tertiary/aromatic N) is 1. The maximum atomic E-state index is 12.2. The van der Waals surface area contributed by atoms with Crippen LogP contribution in [0.2, 0.25) is 0 Å². The molecule has 3 N–H and O–H groups in total. The topological polar surface area (TPSA) is 84.6 Å². The molecule has 1 unspecified atom stereocenters. The highest BCUT2D eigenvalue weighted by molar-refractivity contribution is 7.95. The molecule has 2 aliphatic rings. The molecule has 1 aromatic rings. The number of benzene rings is 1. The van der Waals surface area contributed by atoms with Crippen molar-refractivity contribution in [3.05, 3.63) is 52.5 Å². The lowest BCUT2D eigenvalue weighted by molar-refractivity contribution is 0.260. The van der Waals surface area contributed by atoms with E-state index < -0.39 is 15.9 Å². The third-order valence-corrected chi connectivity index (χ3v) is 5.88. The number of amides is 2. The Morgan fingerprint density at radius 1 is 1.22 bits per heavy atom. The van der Waals surface area contributed by atoms with Gasteiger partial charge in [0.25, 0.3) is 0 Å². The van der Waals surface area contributed by atoms with Crippen molar-refractivity contribution in [1.29, 1.82) is 0 Å². The number of aryl methyl sites for hydroxylation is 2. The molecule has 0 heterocycles. The van der Waals surface area contributed by atoms with Crippen molar-refractivity contribution >= 4 is 21.6 Å². The van der Waals surface area contributed by atoms with E-state index in [1.54, 1.807) is 0 Å². The summed E-state index contributed by atoms with van der Waals surface area (Å²) in [4.78, 5) is 12.3. The summed E-state index contributed by atoms with van der Waals surface area (Å²) in [5, 5.41) is 8.42. The molecule has 3 rings (SSSR count). The van der Waals surface area contributed by atoms with E-state index in [0.717, 1.165) is 44.2 Å².